The Morgan fingerprint density at radius 2 is 1.15 bits per heavy atom. The summed E-state index contributed by atoms with van der Waals surface area (Å²) < 4.78 is 4.61. The first-order chi connectivity index (χ1) is 19.9. The van der Waals surface area contributed by atoms with Crippen molar-refractivity contribution in [3.8, 4) is 16.9 Å². The van der Waals surface area contributed by atoms with Gasteiger partial charge in [-0.05, 0) is 52.9 Å². The van der Waals surface area contributed by atoms with Gasteiger partial charge in [-0.3, -0.25) is 8.97 Å². The lowest BCUT2D eigenvalue weighted by atomic mass is 10.1. The van der Waals surface area contributed by atoms with Crippen LogP contribution in [-0.2, 0) is 0 Å². The lowest BCUT2D eigenvalue weighted by Gasteiger charge is -2.10. The summed E-state index contributed by atoms with van der Waals surface area (Å²) in [5.74, 6) is 0.881. The van der Waals surface area contributed by atoms with Gasteiger partial charge in [0.2, 0.25) is 0 Å². The van der Waals surface area contributed by atoms with Crippen LogP contribution in [0.3, 0.4) is 0 Å². The number of imidazole rings is 1. The number of hydrogen-bond acceptors (Lipinski definition) is 2. The summed E-state index contributed by atoms with van der Waals surface area (Å²) in [7, 11) is 0. The molecule has 0 spiro atoms. The number of pyridine rings is 2. The Morgan fingerprint density at radius 1 is 0.475 bits per heavy atom. The van der Waals surface area contributed by atoms with Crippen LogP contribution >= 0.6 is 0 Å². The van der Waals surface area contributed by atoms with Gasteiger partial charge in [-0.25, -0.2) is 9.97 Å². The molecule has 5 aromatic carbocycles. The number of para-hydroxylation sites is 2. The maximum absolute atomic E-state index is 5.40. The standard InChI is InChI=1S/C36H22N4/c1-2-10-23(11-3-1)24-20-21-37-33(22-24)40-31-17-9-7-14-27(31)28-18-19-32-34(35(28)40)38-36-29-15-5-4-12-25(29)26-13-6-8-16-30(26)39(32)36/h1-22H. The molecule has 4 heteroatoms. The van der Waals surface area contributed by atoms with Gasteiger partial charge in [0.1, 0.15) is 17.0 Å². The molecule has 4 nitrogen and oxygen atoms in total. The normalized spacial score (nSPS) is 12.0. The Hall–Kier alpha value is -5.48. The highest BCUT2D eigenvalue weighted by molar-refractivity contribution is 6.20. The smallest absolute Gasteiger partial charge is 0.146 e. The van der Waals surface area contributed by atoms with E-state index in [-0.39, 0.29) is 0 Å². The topological polar surface area (TPSA) is 35.1 Å². The Balaban J connectivity index is 1.48. The molecule has 0 saturated carbocycles. The van der Waals surface area contributed by atoms with Crippen LogP contribution in [-0.4, -0.2) is 18.9 Å². The van der Waals surface area contributed by atoms with Crippen LogP contribution in [0.4, 0.5) is 0 Å². The third kappa shape index (κ3) is 2.85. The number of aromatic nitrogens is 4. The molecule has 0 aliphatic heterocycles. The van der Waals surface area contributed by atoms with Gasteiger partial charge >= 0.3 is 0 Å². The second kappa shape index (κ2) is 8.01. The van der Waals surface area contributed by atoms with Gasteiger partial charge in [0.15, 0.2) is 0 Å². The van der Waals surface area contributed by atoms with Crippen molar-refractivity contribution in [1.29, 1.82) is 0 Å². The molecule has 0 fully saturated rings. The second-order valence-electron chi connectivity index (χ2n) is 10.3. The van der Waals surface area contributed by atoms with Crippen molar-refractivity contribution in [2.24, 2.45) is 0 Å². The number of benzene rings is 5. The Bertz CT molecular complexity index is 2430. The van der Waals surface area contributed by atoms with E-state index in [2.05, 4.69) is 130 Å². The Morgan fingerprint density at radius 3 is 1.98 bits per heavy atom. The molecule has 0 unspecified atom stereocenters. The predicted molar refractivity (Wildman–Crippen MR) is 165 cm³/mol. The highest BCUT2D eigenvalue weighted by Gasteiger charge is 2.20. The predicted octanol–water partition coefficient (Wildman–Crippen LogP) is 8.95. The van der Waals surface area contributed by atoms with Gasteiger partial charge in [-0.15, -0.1) is 0 Å². The maximum Gasteiger partial charge on any atom is 0.146 e. The summed E-state index contributed by atoms with van der Waals surface area (Å²) >= 11 is 0. The van der Waals surface area contributed by atoms with E-state index in [0.717, 1.165) is 50.0 Å². The van der Waals surface area contributed by atoms with Crippen LogP contribution in [0.1, 0.15) is 0 Å². The summed E-state index contributed by atoms with van der Waals surface area (Å²) in [5, 5.41) is 5.96. The molecular weight excluding hydrogens is 488 g/mol. The molecule has 0 N–H and O–H groups in total. The zero-order valence-corrected chi connectivity index (χ0v) is 21.5. The third-order valence-electron chi connectivity index (χ3n) is 8.14. The van der Waals surface area contributed by atoms with Crippen LogP contribution in [0.2, 0.25) is 0 Å². The van der Waals surface area contributed by atoms with Crippen LogP contribution in [0.5, 0.6) is 0 Å². The number of hydrogen-bond donors (Lipinski definition) is 0. The molecule has 0 aliphatic rings. The van der Waals surface area contributed by atoms with Crippen LogP contribution < -0.4 is 0 Å². The van der Waals surface area contributed by atoms with Crippen molar-refractivity contribution < 1.29 is 0 Å². The fraction of sp³-hybridized carbons (Fsp3) is 0. The molecular formula is C36H22N4. The molecule has 4 heterocycles. The van der Waals surface area contributed by atoms with Gasteiger partial charge < -0.3 is 0 Å². The summed E-state index contributed by atoms with van der Waals surface area (Å²) in [6, 6.07) is 45.0. The molecule has 0 atom stereocenters. The van der Waals surface area contributed by atoms with E-state index < -0.39 is 0 Å². The first kappa shape index (κ1) is 21.5. The first-order valence-electron chi connectivity index (χ1n) is 13.5. The van der Waals surface area contributed by atoms with E-state index in [1.54, 1.807) is 0 Å². The van der Waals surface area contributed by atoms with Crippen LogP contribution in [0, 0.1) is 0 Å². The van der Waals surface area contributed by atoms with Gasteiger partial charge in [0, 0.05) is 27.7 Å². The Labute approximate surface area is 229 Å². The minimum Gasteiger partial charge on any atom is -0.292 e. The molecule has 9 rings (SSSR count). The van der Waals surface area contributed by atoms with Crippen molar-refractivity contribution in [2.75, 3.05) is 0 Å². The van der Waals surface area contributed by atoms with Crippen LogP contribution in [0.25, 0.3) is 77.1 Å². The minimum atomic E-state index is 0.881. The zero-order valence-electron chi connectivity index (χ0n) is 21.5. The summed E-state index contributed by atoms with van der Waals surface area (Å²) in [6.07, 6.45) is 1.91. The fourth-order valence-corrected chi connectivity index (χ4v) is 6.41. The zero-order chi connectivity index (χ0) is 26.2. The van der Waals surface area contributed by atoms with Gasteiger partial charge in [0.25, 0.3) is 0 Å². The molecule has 4 aromatic heterocycles. The van der Waals surface area contributed by atoms with Gasteiger partial charge in [0.05, 0.1) is 22.1 Å². The molecule has 0 bridgehead atoms. The van der Waals surface area contributed by atoms with E-state index in [1.165, 1.54) is 27.1 Å². The minimum absolute atomic E-state index is 0.881. The lowest BCUT2D eigenvalue weighted by molar-refractivity contribution is 1.08. The molecule has 0 radical (unpaired) electrons. The van der Waals surface area contributed by atoms with E-state index in [9.17, 15) is 0 Å². The van der Waals surface area contributed by atoms with Crippen molar-refractivity contribution in [2.45, 2.75) is 0 Å². The van der Waals surface area contributed by atoms with E-state index >= 15 is 0 Å². The summed E-state index contributed by atoms with van der Waals surface area (Å²) in [6.45, 7) is 0. The maximum atomic E-state index is 5.40. The van der Waals surface area contributed by atoms with Crippen molar-refractivity contribution in [3.05, 3.63) is 134 Å². The number of rotatable bonds is 2. The molecule has 40 heavy (non-hydrogen) atoms. The quantitative estimate of drug-likeness (QED) is 0.218. The van der Waals surface area contributed by atoms with E-state index in [0.29, 0.717) is 0 Å². The number of nitrogens with zero attached hydrogens (tertiary/aromatic N) is 4. The average Bonchev–Trinajstić information content (AvgIpc) is 3.59. The SMILES string of the molecule is c1ccc(-c2ccnc(-n3c4ccccc4c4ccc5c(nc6c7ccccc7c7ccccc7n56)c43)c2)cc1. The molecule has 9 aromatic rings. The van der Waals surface area contributed by atoms with E-state index in [1.807, 2.05) is 12.3 Å². The van der Waals surface area contributed by atoms with Gasteiger partial charge in [-0.2, -0.15) is 0 Å². The summed E-state index contributed by atoms with van der Waals surface area (Å²) in [5.41, 5.74) is 8.69. The first-order valence-corrected chi connectivity index (χ1v) is 13.5. The third-order valence-corrected chi connectivity index (χ3v) is 8.14. The van der Waals surface area contributed by atoms with Crippen molar-refractivity contribution >= 4 is 60.2 Å². The highest BCUT2D eigenvalue weighted by atomic mass is 15.1. The Kier molecular flexibility index (Phi) is 4.30. The van der Waals surface area contributed by atoms with Gasteiger partial charge in [-0.1, -0.05) is 91.0 Å². The monoisotopic (exact) mass is 510 g/mol. The van der Waals surface area contributed by atoms with Crippen molar-refractivity contribution in [1.82, 2.24) is 18.9 Å². The molecule has 0 aliphatic carbocycles. The van der Waals surface area contributed by atoms with Crippen LogP contribution in [0.15, 0.2) is 134 Å². The summed E-state index contributed by atoms with van der Waals surface area (Å²) in [4.78, 5) is 10.3. The van der Waals surface area contributed by atoms with Crippen molar-refractivity contribution in [3.63, 3.8) is 0 Å². The fourth-order valence-electron chi connectivity index (χ4n) is 6.41. The van der Waals surface area contributed by atoms with E-state index in [4.69, 9.17) is 9.97 Å². The average molecular weight is 511 g/mol. The molecule has 0 amide bonds. The second-order valence-corrected chi connectivity index (χ2v) is 10.3. The highest BCUT2D eigenvalue weighted by Crippen LogP contribution is 2.39. The molecule has 0 saturated heterocycles. The number of fused-ring (bicyclic) bond motifs is 12. The molecule has 186 valence electrons. The largest absolute Gasteiger partial charge is 0.292 e. The lowest BCUT2D eigenvalue weighted by Crippen LogP contribution is -1.98.